The molecule has 0 saturated carbocycles. The highest BCUT2D eigenvalue weighted by atomic mass is 19.1. The van der Waals surface area contributed by atoms with E-state index in [0.29, 0.717) is 12.1 Å². The van der Waals surface area contributed by atoms with E-state index in [4.69, 9.17) is 0 Å². The normalized spacial score (nSPS) is 16.0. The van der Waals surface area contributed by atoms with Gasteiger partial charge in [0.05, 0.1) is 35.1 Å². The Morgan fingerprint density at radius 1 is 0.941 bits per heavy atom. The van der Waals surface area contributed by atoms with E-state index in [-0.39, 0.29) is 5.82 Å². The maximum Gasteiger partial charge on any atom is 0.132 e. The van der Waals surface area contributed by atoms with E-state index in [1.54, 1.807) is 23.0 Å². The van der Waals surface area contributed by atoms with Gasteiger partial charge in [-0.05, 0) is 43.5 Å². The molecule has 0 atom stereocenters. The Balaban J connectivity index is 1.49. The van der Waals surface area contributed by atoms with Crippen LogP contribution in [0.4, 0.5) is 4.39 Å². The second-order valence-electron chi connectivity index (χ2n) is 9.03. The number of hydrogen-bond acceptors (Lipinski definition) is 4. The number of aromatic nitrogens is 3. The topological polar surface area (TPSA) is 54.2 Å². The second-order valence-corrected chi connectivity index (χ2v) is 9.03. The van der Waals surface area contributed by atoms with Crippen LogP contribution in [0.5, 0.6) is 0 Å². The van der Waals surface area contributed by atoms with Crippen LogP contribution >= 0.6 is 0 Å². The molecule has 1 fully saturated rings. The molecule has 0 amide bonds. The van der Waals surface area contributed by atoms with Gasteiger partial charge in [-0.15, -0.1) is 0 Å². The molecule has 0 spiro atoms. The molecule has 5 rings (SSSR count). The molecule has 1 aliphatic rings. The minimum Gasteiger partial charge on any atom is -0.390 e. The third-order valence-corrected chi connectivity index (χ3v) is 6.87. The van der Waals surface area contributed by atoms with Gasteiger partial charge >= 0.3 is 0 Å². The summed E-state index contributed by atoms with van der Waals surface area (Å²) in [5.41, 5.74) is 4.35. The van der Waals surface area contributed by atoms with Crippen molar-refractivity contribution in [3.05, 3.63) is 90.5 Å². The first kappa shape index (κ1) is 22.4. The number of benzene rings is 2. The predicted octanol–water partition coefficient (Wildman–Crippen LogP) is 5.48. The molecule has 2 aromatic carbocycles. The average Bonchev–Trinajstić information content (AvgIpc) is 3.29. The van der Waals surface area contributed by atoms with Crippen molar-refractivity contribution in [3.63, 3.8) is 0 Å². The Hall–Kier alpha value is -3.35. The summed E-state index contributed by atoms with van der Waals surface area (Å²) in [6.07, 6.45) is 5.87. The van der Waals surface area contributed by atoms with Crippen molar-refractivity contribution in [1.82, 2.24) is 19.7 Å². The monoisotopic (exact) mass is 456 g/mol. The summed E-state index contributed by atoms with van der Waals surface area (Å²) in [7, 11) is 0. The summed E-state index contributed by atoms with van der Waals surface area (Å²) >= 11 is 0. The number of aliphatic hydroxyl groups is 1. The highest BCUT2D eigenvalue weighted by Crippen LogP contribution is 2.32. The highest BCUT2D eigenvalue weighted by Gasteiger charge is 2.31. The van der Waals surface area contributed by atoms with E-state index in [2.05, 4.69) is 15.0 Å². The van der Waals surface area contributed by atoms with Crippen LogP contribution in [0.2, 0.25) is 0 Å². The van der Waals surface area contributed by atoms with Gasteiger partial charge in [0.25, 0.3) is 0 Å². The molecule has 4 aromatic rings. The first-order valence-corrected chi connectivity index (χ1v) is 11.8. The van der Waals surface area contributed by atoms with Crippen LogP contribution in [0.25, 0.3) is 28.2 Å². The molecule has 0 bridgehead atoms. The lowest BCUT2D eigenvalue weighted by atomic mass is 9.89. The van der Waals surface area contributed by atoms with E-state index in [0.717, 1.165) is 60.6 Å². The minimum absolute atomic E-state index is 0.279. The van der Waals surface area contributed by atoms with Crippen LogP contribution < -0.4 is 0 Å². The number of rotatable bonds is 6. The van der Waals surface area contributed by atoms with Crippen molar-refractivity contribution in [2.75, 3.05) is 13.1 Å². The van der Waals surface area contributed by atoms with Gasteiger partial charge < -0.3 is 5.11 Å². The number of piperidine rings is 1. The number of likely N-dealkylation sites (tertiary alicyclic amines) is 1. The third kappa shape index (κ3) is 4.52. The molecule has 3 heterocycles. The summed E-state index contributed by atoms with van der Waals surface area (Å²) in [5.74, 6) is -0.279. The molecule has 0 unspecified atom stereocenters. The Morgan fingerprint density at radius 3 is 2.35 bits per heavy atom. The van der Waals surface area contributed by atoms with E-state index in [1.165, 1.54) is 6.07 Å². The average molecular weight is 457 g/mol. The molecule has 6 heteroatoms. The molecule has 34 heavy (non-hydrogen) atoms. The molecule has 0 radical (unpaired) electrons. The smallest absolute Gasteiger partial charge is 0.132 e. The van der Waals surface area contributed by atoms with E-state index in [9.17, 15) is 9.50 Å². The molecular formula is C28H29FN4O. The predicted molar refractivity (Wildman–Crippen MR) is 132 cm³/mol. The van der Waals surface area contributed by atoms with Crippen molar-refractivity contribution in [2.24, 2.45) is 0 Å². The number of pyridine rings is 1. The van der Waals surface area contributed by atoms with Crippen LogP contribution in [0.3, 0.4) is 0 Å². The molecule has 1 N–H and O–H groups in total. The molecule has 1 saturated heterocycles. The maximum absolute atomic E-state index is 14.9. The van der Waals surface area contributed by atoms with Crippen molar-refractivity contribution in [3.8, 4) is 28.2 Å². The van der Waals surface area contributed by atoms with Gasteiger partial charge in [-0.2, -0.15) is 5.10 Å². The van der Waals surface area contributed by atoms with Crippen molar-refractivity contribution < 1.29 is 9.50 Å². The van der Waals surface area contributed by atoms with Gasteiger partial charge in [0.2, 0.25) is 0 Å². The first-order valence-electron chi connectivity index (χ1n) is 11.8. The largest absolute Gasteiger partial charge is 0.390 e. The van der Waals surface area contributed by atoms with E-state index in [1.807, 2.05) is 61.7 Å². The molecule has 2 aromatic heterocycles. The quantitative estimate of drug-likeness (QED) is 0.418. The Kier molecular flexibility index (Phi) is 6.26. The van der Waals surface area contributed by atoms with Crippen LogP contribution in [0, 0.1) is 5.82 Å². The van der Waals surface area contributed by atoms with Gasteiger partial charge in [0.15, 0.2) is 0 Å². The standard InChI is InChI=1S/C28H29FN4O/c1-2-28(34)14-16-32(17-15-28)20-22-18-31-33(27(22)24-10-6-7-11-25(24)29)23-12-13-26(30-19-23)21-8-4-3-5-9-21/h3-13,18-19,34H,2,14-17,20H2,1H3. The Bertz CT molecular complexity index is 1250. The number of hydrogen-bond donors (Lipinski definition) is 1. The lowest BCUT2D eigenvalue weighted by Gasteiger charge is -2.37. The summed E-state index contributed by atoms with van der Waals surface area (Å²) in [4.78, 5) is 6.95. The maximum atomic E-state index is 14.9. The lowest BCUT2D eigenvalue weighted by molar-refractivity contribution is -0.0256. The van der Waals surface area contributed by atoms with Crippen molar-refractivity contribution in [2.45, 2.75) is 38.3 Å². The van der Waals surface area contributed by atoms with Gasteiger partial charge in [-0.25, -0.2) is 9.07 Å². The number of halogens is 1. The summed E-state index contributed by atoms with van der Waals surface area (Å²) in [6, 6.07) is 20.8. The van der Waals surface area contributed by atoms with Gasteiger partial charge in [0, 0.05) is 36.3 Å². The van der Waals surface area contributed by atoms with Gasteiger partial charge in [-0.1, -0.05) is 49.4 Å². The van der Waals surface area contributed by atoms with E-state index >= 15 is 0 Å². The van der Waals surface area contributed by atoms with Gasteiger partial charge in [-0.3, -0.25) is 9.88 Å². The fourth-order valence-corrected chi connectivity index (χ4v) is 4.65. The van der Waals surface area contributed by atoms with Crippen molar-refractivity contribution in [1.29, 1.82) is 0 Å². The van der Waals surface area contributed by atoms with Crippen LogP contribution in [0.15, 0.2) is 79.1 Å². The van der Waals surface area contributed by atoms with Crippen LogP contribution in [0.1, 0.15) is 31.7 Å². The number of nitrogens with zero attached hydrogens (tertiary/aromatic N) is 4. The molecular weight excluding hydrogens is 427 g/mol. The molecule has 0 aliphatic carbocycles. The summed E-state index contributed by atoms with van der Waals surface area (Å²) in [6.45, 7) is 4.30. The zero-order chi connectivity index (χ0) is 23.5. The fourth-order valence-electron chi connectivity index (χ4n) is 4.65. The second kappa shape index (κ2) is 9.49. The van der Waals surface area contributed by atoms with Crippen molar-refractivity contribution >= 4 is 0 Å². The van der Waals surface area contributed by atoms with E-state index < -0.39 is 5.60 Å². The van der Waals surface area contributed by atoms with Crippen LogP contribution in [-0.4, -0.2) is 43.5 Å². The molecule has 174 valence electrons. The summed E-state index contributed by atoms with van der Waals surface area (Å²) < 4.78 is 16.7. The first-order chi connectivity index (χ1) is 16.6. The minimum atomic E-state index is -0.568. The van der Waals surface area contributed by atoms with Gasteiger partial charge in [0.1, 0.15) is 5.82 Å². The fraction of sp³-hybridized carbons (Fsp3) is 0.286. The zero-order valence-corrected chi connectivity index (χ0v) is 19.4. The summed E-state index contributed by atoms with van der Waals surface area (Å²) in [5, 5.41) is 15.2. The lowest BCUT2D eigenvalue weighted by Crippen LogP contribution is -2.43. The third-order valence-electron chi connectivity index (χ3n) is 6.87. The molecule has 1 aliphatic heterocycles. The molecule has 5 nitrogen and oxygen atoms in total. The highest BCUT2D eigenvalue weighted by molar-refractivity contribution is 5.67. The Labute approximate surface area is 199 Å². The van der Waals surface area contributed by atoms with Crippen LogP contribution in [-0.2, 0) is 6.54 Å². The SMILES string of the molecule is CCC1(O)CCN(Cc2cnn(-c3ccc(-c4ccccc4)nc3)c2-c2ccccc2F)CC1. The Morgan fingerprint density at radius 2 is 1.68 bits per heavy atom. The zero-order valence-electron chi connectivity index (χ0n) is 19.4.